The van der Waals surface area contributed by atoms with Crippen LogP contribution in [0.4, 0.5) is 4.39 Å². The molecule has 1 aromatic carbocycles. The van der Waals surface area contributed by atoms with Crippen LogP contribution in [0.2, 0.25) is 0 Å². The summed E-state index contributed by atoms with van der Waals surface area (Å²) in [5.74, 6) is -0.662. The average molecular weight is 287 g/mol. The van der Waals surface area contributed by atoms with Crippen LogP contribution >= 0.6 is 0 Å². The van der Waals surface area contributed by atoms with E-state index in [0.29, 0.717) is 11.5 Å². The van der Waals surface area contributed by atoms with Gasteiger partial charge in [0.05, 0.1) is 6.07 Å². The first-order valence-electron chi connectivity index (χ1n) is 7.68. The van der Waals surface area contributed by atoms with E-state index in [4.69, 9.17) is 0 Å². The summed E-state index contributed by atoms with van der Waals surface area (Å²) < 4.78 is 13.0. The maximum atomic E-state index is 13.0. The van der Waals surface area contributed by atoms with Crippen molar-refractivity contribution in [2.24, 2.45) is 11.3 Å². The highest BCUT2D eigenvalue weighted by Crippen LogP contribution is 2.46. The summed E-state index contributed by atoms with van der Waals surface area (Å²) in [4.78, 5) is 13.0. The van der Waals surface area contributed by atoms with Crippen molar-refractivity contribution in [3.8, 4) is 6.07 Å². The van der Waals surface area contributed by atoms with Crippen molar-refractivity contribution in [2.45, 2.75) is 51.9 Å². The van der Waals surface area contributed by atoms with Crippen LogP contribution in [0.25, 0.3) is 0 Å². The van der Waals surface area contributed by atoms with Crippen LogP contribution < -0.4 is 0 Å². The fraction of sp³-hybridized carbons (Fsp3) is 0.556. The van der Waals surface area contributed by atoms with E-state index >= 15 is 0 Å². The Labute approximate surface area is 126 Å². The molecule has 1 atom stereocenters. The maximum absolute atomic E-state index is 13.0. The molecule has 112 valence electrons. The van der Waals surface area contributed by atoms with Gasteiger partial charge in [0.2, 0.25) is 0 Å². The fourth-order valence-electron chi connectivity index (χ4n) is 3.63. The Kier molecular flexibility index (Phi) is 4.77. The van der Waals surface area contributed by atoms with Gasteiger partial charge in [-0.15, -0.1) is 0 Å². The van der Waals surface area contributed by atoms with Gasteiger partial charge in [0.15, 0.2) is 5.78 Å². The number of halogens is 1. The molecule has 2 rings (SSSR count). The SMILES string of the molecule is CC(C)CC1(C(=O)C(C#N)c2ccc(F)cc2)CCCC1. The number of ketones is 1. The number of Topliss-reactive ketones (excluding diaryl/α,β-unsaturated/α-hetero) is 1. The van der Waals surface area contributed by atoms with Gasteiger partial charge in [0.1, 0.15) is 11.7 Å². The number of hydrogen-bond donors (Lipinski definition) is 0. The van der Waals surface area contributed by atoms with Crippen molar-refractivity contribution in [2.75, 3.05) is 0 Å². The van der Waals surface area contributed by atoms with Gasteiger partial charge in [-0.3, -0.25) is 4.79 Å². The predicted octanol–water partition coefficient (Wildman–Crippen LogP) is 4.61. The third-order valence-corrected chi connectivity index (χ3v) is 4.48. The zero-order valence-electron chi connectivity index (χ0n) is 12.7. The van der Waals surface area contributed by atoms with Crippen LogP contribution in [-0.4, -0.2) is 5.78 Å². The van der Waals surface area contributed by atoms with E-state index in [-0.39, 0.29) is 17.0 Å². The van der Waals surface area contributed by atoms with E-state index in [1.807, 2.05) is 0 Å². The molecule has 0 amide bonds. The first-order valence-corrected chi connectivity index (χ1v) is 7.68. The monoisotopic (exact) mass is 287 g/mol. The molecule has 21 heavy (non-hydrogen) atoms. The molecule has 1 aromatic rings. The number of nitriles is 1. The van der Waals surface area contributed by atoms with Gasteiger partial charge < -0.3 is 0 Å². The minimum absolute atomic E-state index is 0.0304. The summed E-state index contributed by atoms with van der Waals surface area (Å²) in [6, 6.07) is 7.88. The van der Waals surface area contributed by atoms with Crippen LogP contribution in [0.1, 0.15) is 57.4 Å². The van der Waals surface area contributed by atoms with Crippen molar-refractivity contribution in [3.05, 3.63) is 35.6 Å². The molecule has 1 aliphatic rings. The molecule has 0 heterocycles. The van der Waals surface area contributed by atoms with Gasteiger partial charge in [-0.05, 0) is 42.9 Å². The van der Waals surface area contributed by atoms with Crippen LogP contribution in [0.5, 0.6) is 0 Å². The number of benzene rings is 1. The zero-order chi connectivity index (χ0) is 15.5. The molecule has 0 radical (unpaired) electrons. The van der Waals surface area contributed by atoms with Gasteiger partial charge in [0.25, 0.3) is 0 Å². The number of hydrogen-bond acceptors (Lipinski definition) is 2. The predicted molar refractivity (Wildman–Crippen MR) is 80.1 cm³/mol. The van der Waals surface area contributed by atoms with Crippen molar-refractivity contribution < 1.29 is 9.18 Å². The summed E-state index contributed by atoms with van der Waals surface area (Å²) >= 11 is 0. The quantitative estimate of drug-likeness (QED) is 0.793. The summed E-state index contributed by atoms with van der Waals surface area (Å²) in [7, 11) is 0. The molecule has 0 spiro atoms. The molecular formula is C18H22FNO. The fourth-order valence-corrected chi connectivity index (χ4v) is 3.63. The average Bonchev–Trinajstić information content (AvgIpc) is 2.90. The molecule has 2 nitrogen and oxygen atoms in total. The summed E-state index contributed by atoms with van der Waals surface area (Å²) in [6.07, 6.45) is 4.71. The molecule has 0 N–H and O–H groups in total. The molecule has 0 bridgehead atoms. The summed E-state index contributed by atoms with van der Waals surface area (Å²) in [5, 5.41) is 9.46. The first kappa shape index (κ1) is 15.7. The van der Waals surface area contributed by atoms with Crippen molar-refractivity contribution >= 4 is 5.78 Å². The topological polar surface area (TPSA) is 40.9 Å². The van der Waals surface area contributed by atoms with E-state index in [2.05, 4.69) is 19.9 Å². The van der Waals surface area contributed by atoms with Gasteiger partial charge in [-0.2, -0.15) is 5.26 Å². The number of carbonyl (C=O) groups is 1. The first-order chi connectivity index (χ1) is 9.98. The Morgan fingerprint density at radius 2 is 1.86 bits per heavy atom. The molecule has 1 unspecified atom stereocenters. The van der Waals surface area contributed by atoms with Gasteiger partial charge in [-0.1, -0.05) is 38.8 Å². The van der Waals surface area contributed by atoms with Crippen molar-refractivity contribution in [1.82, 2.24) is 0 Å². The lowest BCUT2D eigenvalue weighted by atomic mass is 9.70. The van der Waals surface area contributed by atoms with Crippen LogP contribution in [0.3, 0.4) is 0 Å². The van der Waals surface area contributed by atoms with E-state index in [1.54, 1.807) is 12.1 Å². The highest BCUT2D eigenvalue weighted by molar-refractivity contribution is 5.93. The normalized spacial score (nSPS) is 18.4. The molecule has 0 aromatic heterocycles. The Morgan fingerprint density at radius 1 is 1.29 bits per heavy atom. The van der Waals surface area contributed by atoms with Gasteiger partial charge >= 0.3 is 0 Å². The van der Waals surface area contributed by atoms with Gasteiger partial charge in [0, 0.05) is 5.41 Å². The minimum Gasteiger partial charge on any atom is -0.297 e. The van der Waals surface area contributed by atoms with E-state index in [1.165, 1.54) is 12.1 Å². The molecular weight excluding hydrogens is 265 g/mol. The molecule has 0 aliphatic heterocycles. The molecule has 1 aliphatic carbocycles. The van der Waals surface area contributed by atoms with Gasteiger partial charge in [-0.25, -0.2) is 4.39 Å². The lowest BCUT2D eigenvalue weighted by molar-refractivity contribution is -0.129. The second-order valence-electron chi connectivity index (χ2n) is 6.56. The Bertz CT molecular complexity index is 535. The highest BCUT2D eigenvalue weighted by Gasteiger charge is 2.44. The Morgan fingerprint density at radius 3 is 2.33 bits per heavy atom. The highest BCUT2D eigenvalue weighted by atomic mass is 19.1. The second kappa shape index (κ2) is 6.39. The lowest BCUT2D eigenvalue weighted by Gasteiger charge is -2.31. The van der Waals surface area contributed by atoms with E-state index in [0.717, 1.165) is 32.1 Å². The third-order valence-electron chi connectivity index (χ3n) is 4.48. The van der Waals surface area contributed by atoms with Crippen LogP contribution in [0, 0.1) is 28.5 Å². The number of rotatable bonds is 5. The molecule has 1 saturated carbocycles. The van der Waals surface area contributed by atoms with Crippen molar-refractivity contribution in [1.29, 1.82) is 5.26 Å². The largest absolute Gasteiger partial charge is 0.297 e. The number of nitrogens with zero attached hydrogens (tertiary/aromatic N) is 1. The number of carbonyl (C=O) groups excluding carboxylic acids is 1. The van der Waals surface area contributed by atoms with Crippen molar-refractivity contribution in [3.63, 3.8) is 0 Å². The molecule has 1 fully saturated rings. The smallest absolute Gasteiger partial charge is 0.160 e. The summed E-state index contributed by atoms with van der Waals surface area (Å²) in [5.41, 5.74) is 0.252. The summed E-state index contributed by atoms with van der Waals surface area (Å²) in [6.45, 7) is 4.24. The Balaban J connectivity index is 2.30. The minimum atomic E-state index is -0.776. The van der Waals surface area contributed by atoms with E-state index in [9.17, 15) is 14.4 Å². The maximum Gasteiger partial charge on any atom is 0.160 e. The van der Waals surface area contributed by atoms with Crippen LogP contribution in [0.15, 0.2) is 24.3 Å². The standard InChI is InChI=1S/C18H22FNO/c1-13(2)11-18(9-3-4-10-18)17(21)16(12-20)14-5-7-15(19)8-6-14/h5-8,13,16H,3-4,9-11H2,1-2H3. The Hall–Kier alpha value is -1.69. The van der Waals surface area contributed by atoms with Crippen LogP contribution in [-0.2, 0) is 4.79 Å². The van der Waals surface area contributed by atoms with E-state index < -0.39 is 5.92 Å². The third kappa shape index (κ3) is 3.32. The molecule has 3 heteroatoms. The molecule has 0 saturated heterocycles. The zero-order valence-corrected chi connectivity index (χ0v) is 12.7. The second-order valence-corrected chi connectivity index (χ2v) is 6.56. The lowest BCUT2D eigenvalue weighted by Crippen LogP contribution is -2.33.